The average Bonchev–Trinajstić information content (AvgIpc) is 2.10. The second kappa shape index (κ2) is 4.48. The highest BCUT2D eigenvalue weighted by atomic mass is 79.9. The molecule has 80 valence electrons. The van der Waals surface area contributed by atoms with E-state index in [-0.39, 0.29) is 4.47 Å². The fourth-order valence-corrected chi connectivity index (χ4v) is 1.38. The summed E-state index contributed by atoms with van der Waals surface area (Å²) in [6.07, 6.45) is -0.791. The van der Waals surface area contributed by atoms with Crippen molar-refractivity contribution < 1.29 is 23.5 Å². The monoisotopic (exact) mass is 278 g/mol. The fourth-order valence-electron chi connectivity index (χ4n) is 0.977. The van der Waals surface area contributed by atoms with Gasteiger partial charge in [-0.2, -0.15) is 0 Å². The first kappa shape index (κ1) is 11.8. The van der Waals surface area contributed by atoms with Gasteiger partial charge in [0, 0.05) is 16.5 Å². The molecule has 0 aliphatic carbocycles. The van der Waals surface area contributed by atoms with Gasteiger partial charge in [-0.3, -0.25) is 4.79 Å². The first-order valence-corrected chi connectivity index (χ1v) is 4.60. The number of Topliss-reactive ketones (excluding diaryl/α,β-unsaturated/α-hetero) is 1. The van der Waals surface area contributed by atoms with E-state index in [1.54, 1.807) is 0 Å². The minimum absolute atomic E-state index is 0.184. The molecular formula is C9H5BrF2O3. The molecule has 1 aromatic carbocycles. The third kappa shape index (κ3) is 2.82. The van der Waals surface area contributed by atoms with Crippen LogP contribution < -0.4 is 0 Å². The number of halogens is 3. The zero-order valence-electron chi connectivity index (χ0n) is 7.26. The lowest BCUT2D eigenvalue weighted by atomic mass is 10.1. The van der Waals surface area contributed by atoms with Crippen LogP contribution in [0.1, 0.15) is 5.56 Å². The van der Waals surface area contributed by atoms with Gasteiger partial charge in [0.25, 0.3) is 0 Å². The molecule has 6 heteroatoms. The summed E-state index contributed by atoms with van der Waals surface area (Å²) in [5.41, 5.74) is -0.536. The predicted octanol–water partition coefficient (Wildman–Crippen LogP) is 1.92. The van der Waals surface area contributed by atoms with E-state index in [0.29, 0.717) is 0 Å². The lowest BCUT2D eigenvalue weighted by molar-refractivity contribution is -0.148. The number of ketones is 1. The van der Waals surface area contributed by atoms with Gasteiger partial charge in [0.15, 0.2) is 0 Å². The van der Waals surface area contributed by atoms with Crippen LogP contribution in [0.15, 0.2) is 16.6 Å². The second-order valence-corrected chi connectivity index (χ2v) is 3.67. The number of carbonyl (C=O) groups is 2. The smallest absolute Gasteiger partial charge is 0.372 e. The molecule has 0 spiro atoms. The summed E-state index contributed by atoms with van der Waals surface area (Å²) < 4.78 is 26.4. The van der Waals surface area contributed by atoms with Crippen molar-refractivity contribution in [3.8, 4) is 0 Å². The Morgan fingerprint density at radius 2 is 1.73 bits per heavy atom. The largest absolute Gasteiger partial charge is 0.475 e. The van der Waals surface area contributed by atoms with Crippen LogP contribution in [0.5, 0.6) is 0 Å². The highest BCUT2D eigenvalue weighted by Gasteiger charge is 2.18. The zero-order valence-corrected chi connectivity index (χ0v) is 8.85. The highest BCUT2D eigenvalue weighted by molar-refractivity contribution is 9.10. The second-order valence-electron chi connectivity index (χ2n) is 2.75. The van der Waals surface area contributed by atoms with Gasteiger partial charge in [-0.1, -0.05) is 15.9 Å². The van der Waals surface area contributed by atoms with Crippen LogP contribution in [-0.2, 0) is 16.0 Å². The van der Waals surface area contributed by atoms with E-state index in [0.717, 1.165) is 12.1 Å². The molecule has 15 heavy (non-hydrogen) atoms. The van der Waals surface area contributed by atoms with E-state index < -0.39 is 35.4 Å². The maximum absolute atomic E-state index is 13.1. The number of carbonyl (C=O) groups excluding carboxylic acids is 1. The quantitative estimate of drug-likeness (QED) is 0.860. The van der Waals surface area contributed by atoms with Gasteiger partial charge in [-0.05, 0) is 12.1 Å². The number of carboxylic acids is 1. The summed E-state index contributed by atoms with van der Waals surface area (Å²) in [5, 5.41) is 8.28. The highest BCUT2D eigenvalue weighted by Crippen LogP contribution is 2.19. The van der Waals surface area contributed by atoms with Gasteiger partial charge < -0.3 is 5.11 Å². The van der Waals surface area contributed by atoms with E-state index in [1.165, 1.54) is 0 Å². The molecule has 1 rings (SSSR count). The molecule has 0 aliphatic heterocycles. The molecule has 0 radical (unpaired) electrons. The molecule has 1 aromatic rings. The number of rotatable bonds is 3. The molecule has 0 atom stereocenters. The molecular weight excluding hydrogens is 274 g/mol. The maximum Gasteiger partial charge on any atom is 0.372 e. The zero-order chi connectivity index (χ0) is 11.6. The Hall–Kier alpha value is -1.30. The Labute approximate surface area is 91.8 Å². The van der Waals surface area contributed by atoms with Crippen LogP contribution in [-0.4, -0.2) is 16.9 Å². The summed E-state index contributed by atoms with van der Waals surface area (Å²) in [6, 6.07) is 1.93. The standard InChI is InChI=1S/C9H5BrF2O3/c10-4-1-6(11)5(7(12)2-4)3-8(13)9(14)15/h1-2H,3H2,(H,14,15). The first-order chi connectivity index (χ1) is 6.91. The van der Waals surface area contributed by atoms with E-state index >= 15 is 0 Å². The van der Waals surface area contributed by atoms with Gasteiger partial charge in [-0.25, -0.2) is 13.6 Å². The van der Waals surface area contributed by atoms with Crippen molar-refractivity contribution in [3.63, 3.8) is 0 Å². The van der Waals surface area contributed by atoms with E-state index in [4.69, 9.17) is 5.11 Å². The molecule has 0 bridgehead atoms. The Morgan fingerprint density at radius 1 is 1.27 bits per heavy atom. The van der Waals surface area contributed by atoms with Gasteiger partial charge in [0.1, 0.15) is 11.6 Å². The van der Waals surface area contributed by atoms with Crippen LogP contribution in [0.25, 0.3) is 0 Å². The molecule has 1 N–H and O–H groups in total. The topological polar surface area (TPSA) is 54.4 Å². The van der Waals surface area contributed by atoms with Crippen LogP contribution in [0.4, 0.5) is 8.78 Å². The van der Waals surface area contributed by atoms with Crippen molar-refractivity contribution in [2.24, 2.45) is 0 Å². The predicted molar refractivity (Wildman–Crippen MR) is 50.4 cm³/mol. The number of hydrogen-bond acceptors (Lipinski definition) is 2. The Kier molecular flexibility index (Phi) is 3.52. The molecule has 3 nitrogen and oxygen atoms in total. The molecule has 0 unspecified atom stereocenters. The van der Waals surface area contributed by atoms with E-state index in [1.807, 2.05) is 0 Å². The van der Waals surface area contributed by atoms with Crippen molar-refractivity contribution in [1.29, 1.82) is 0 Å². The van der Waals surface area contributed by atoms with Gasteiger partial charge in [0.05, 0.1) is 0 Å². The van der Waals surface area contributed by atoms with Crippen LogP contribution in [0.2, 0.25) is 0 Å². The molecule has 0 heterocycles. The SMILES string of the molecule is O=C(O)C(=O)Cc1c(F)cc(Br)cc1F. The number of hydrogen-bond donors (Lipinski definition) is 1. The Bertz CT molecular complexity index is 408. The summed E-state index contributed by atoms with van der Waals surface area (Å²) in [4.78, 5) is 20.9. The van der Waals surface area contributed by atoms with Crippen molar-refractivity contribution in [3.05, 3.63) is 33.8 Å². The molecule has 0 amide bonds. The van der Waals surface area contributed by atoms with Crippen LogP contribution in [0.3, 0.4) is 0 Å². The lowest BCUT2D eigenvalue weighted by Gasteiger charge is -2.03. The fraction of sp³-hybridized carbons (Fsp3) is 0.111. The lowest BCUT2D eigenvalue weighted by Crippen LogP contribution is -2.16. The minimum Gasteiger partial charge on any atom is -0.475 e. The normalized spacial score (nSPS) is 10.1. The summed E-state index contributed by atoms with van der Waals surface area (Å²) in [6.45, 7) is 0. The first-order valence-electron chi connectivity index (χ1n) is 3.81. The third-order valence-corrected chi connectivity index (χ3v) is 2.14. The van der Waals surface area contributed by atoms with Crippen molar-refractivity contribution in [2.75, 3.05) is 0 Å². The maximum atomic E-state index is 13.1. The Balaban J connectivity index is 3.05. The summed E-state index contributed by atoms with van der Waals surface area (Å²) in [5.74, 6) is -4.86. The summed E-state index contributed by atoms with van der Waals surface area (Å²) in [7, 11) is 0. The molecule has 0 fully saturated rings. The van der Waals surface area contributed by atoms with Crippen molar-refractivity contribution in [2.45, 2.75) is 6.42 Å². The number of carboxylic acid groups (broad SMARTS) is 1. The number of aliphatic carboxylic acids is 1. The van der Waals surface area contributed by atoms with Gasteiger partial charge >= 0.3 is 5.97 Å². The molecule has 0 aromatic heterocycles. The van der Waals surface area contributed by atoms with Gasteiger partial charge in [-0.15, -0.1) is 0 Å². The molecule has 0 saturated heterocycles. The molecule has 0 saturated carbocycles. The third-order valence-electron chi connectivity index (χ3n) is 1.68. The van der Waals surface area contributed by atoms with Crippen molar-refractivity contribution in [1.82, 2.24) is 0 Å². The van der Waals surface area contributed by atoms with E-state index in [9.17, 15) is 18.4 Å². The van der Waals surface area contributed by atoms with Crippen LogP contribution in [0, 0.1) is 11.6 Å². The number of benzene rings is 1. The minimum atomic E-state index is -1.71. The van der Waals surface area contributed by atoms with Crippen LogP contribution >= 0.6 is 15.9 Å². The average molecular weight is 279 g/mol. The molecule has 0 aliphatic rings. The van der Waals surface area contributed by atoms with Crippen molar-refractivity contribution >= 4 is 27.7 Å². The van der Waals surface area contributed by atoms with Gasteiger partial charge in [0.2, 0.25) is 5.78 Å². The van der Waals surface area contributed by atoms with E-state index in [2.05, 4.69) is 15.9 Å². The Morgan fingerprint density at radius 3 is 2.13 bits per heavy atom. The summed E-state index contributed by atoms with van der Waals surface area (Å²) >= 11 is 2.86.